The number of aryl methyl sites for hydroxylation is 1. The number of nitrogens with one attached hydrogen (secondary N) is 1. The van der Waals surface area contributed by atoms with Crippen molar-refractivity contribution in [2.75, 3.05) is 18.0 Å². The first-order valence-electron chi connectivity index (χ1n) is 10.5. The number of piperidine rings is 1. The van der Waals surface area contributed by atoms with Gasteiger partial charge in [-0.25, -0.2) is 9.97 Å². The monoisotopic (exact) mass is 429 g/mol. The minimum absolute atomic E-state index is 0.0305. The number of fused-ring (bicyclic) bond motifs is 1. The topological polar surface area (TPSA) is 71.0 Å². The molecule has 0 unspecified atom stereocenters. The number of rotatable bonds is 4. The van der Waals surface area contributed by atoms with Crippen molar-refractivity contribution >= 4 is 34.0 Å². The Hall–Kier alpha value is -3.32. The van der Waals surface area contributed by atoms with Gasteiger partial charge in [0.2, 0.25) is 0 Å². The molecule has 7 heteroatoms. The highest BCUT2D eigenvalue weighted by molar-refractivity contribution is 7.13. The van der Waals surface area contributed by atoms with E-state index in [0.29, 0.717) is 5.82 Å². The van der Waals surface area contributed by atoms with Gasteiger partial charge in [-0.2, -0.15) is 0 Å². The molecular formula is C24H23N5OS. The molecule has 1 fully saturated rings. The quantitative estimate of drug-likeness (QED) is 0.519. The molecule has 3 aromatic heterocycles. The minimum Gasteiger partial charge on any atom is -0.356 e. The number of benzene rings is 1. The molecule has 1 saturated heterocycles. The Morgan fingerprint density at radius 3 is 2.65 bits per heavy atom. The van der Waals surface area contributed by atoms with Gasteiger partial charge in [0.15, 0.2) is 5.82 Å². The Balaban J connectivity index is 1.36. The van der Waals surface area contributed by atoms with E-state index < -0.39 is 0 Å². The van der Waals surface area contributed by atoms with E-state index in [2.05, 4.69) is 21.3 Å². The van der Waals surface area contributed by atoms with E-state index in [1.54, 1.807) is 12.4 Å². The van der Waals surface area contributed by atoms with E-state index >= 15 is 0 Å². The zero-order chi connectivity index (χ0) is 21.2. The normalized spacial score (nSPS) is 14.7. The predicted octanol–water partition coefficient (Wildman–Crippen LogP) is 4.46. The lowest BCUT2D eigenvalue weighted by atomic mass is 10.0. The summed E-state index contributed by atoms with van der Waals surface area (Å²) < 4.78 is 0. The molecule has 0 aliphatic carbocycles. The highest BCUT2D eigenvalue weighted by Crippen LogP contribution is 2.29. The number of thiophene rings is 1. The van der Waals surface area contributed by atoms with E-state index in [1.165, 1.54) is 11.3 Å². The summed E-state index contributed by atoms with van der Waals surface area (Å²) in [5.41, 5.74) is 1.83. The van der Waals surface area contributed by atoms with Gasteiger partial charge in [0, 0.05) is 47.4 Å². The SMILES string of the molecule is Cc1ccc(C(=O)NC2CCN(c3nc(-c4cccnc4)nc4ccccc34)CC2)s1. The van der Waals surface area contributed by atoms with Crippen LogP contribution in [0.2, 0.25) is 0 Å². The highest BCUT2D eigenvalue weighted by atomic mass is 32.1. The Kier molecular flexibility index (Phi) is 5.34. The first-order valence-corrected chi connectivity index (χ1v) is 11.3. The van der Waals surface area contributed by atoms with Gasteiger partial charge in [-0.05, 0) is 56.2 Å². The Morgan fingerprint density at radius 1 is 1.06 bits per heavy atom. The molecule has 0 atom stereocenters. The van der Waals surface area contributed by atoms with E-state index in [9.17, 15) is 4.79 Å². The van der Waals surface area contributed by atoms with Gasteiger partial charge in [-0.15, -0.1) is 11.3 Å². The summed E-state index contributed by atoms with van der Waals surface area (Å²) in [4.78, 5) is 30.6. The van der Waals surface area contributed by atoms with Crippen LogP contribution >= 0.6 is 11.3 Å². The molecule has 0 radical (unpaired) electrons. The Bertz CT molecular complexity index is 1220. The van der Waals surface area contributed by atoms with E-state index in [4.69, 9.17) is 9.97 Å². The summed E-state index contributed by atoms with van der Waals surface area (Å²) in [6.45, 7) is 3.69. The highest BCUT2D eigenvalue weighted by Gasteiger charge is 2.24. The van der Waals surface area contributed by atoms with Crippen LogP contribution in [0.4, 0.5) is 5.82 Å². The fourth-order valence-corrected chi connectivity index (χ4v) is 4.74. The van der Waals surface area contributed by atoms with Crippen LogP contribution in [-0.4, -0.2) is 40.0 Å². The number of amides is 1. The minimum atomic E-state index is 0.0305. The van der Waals surface area contributed by atoms with Gasteiger partial charge in [0.25, 0.3) is 5.91 Å². The number of pyridine rings is 1. The maximum atomic E-state index is 12.5. The maximum absolute atomic E-state index is 12.5. The molecule has 6 nitrogen and oxygen atoms in total. The van der Waals surface area contributed by atoms with Crippen molar-refractivity contribution in [3.8, 4) is 11.4 Å². The lowest BCUT2D eigenvalue weighted by molar-refractivity contribution is 0.0935. The van der Waals surface area contributed by atoms with Gasteiger partial charge < -0.3 is 10.2 Å². The van der Waals surface area contributed by atoms with Gasteiger partial charge in [-0.1, -0.05) is 12.1 Å². The molecule has 5 rings (SSSR count). The van der Waals surface area contributed by atoms with E-state index in [1.807, 2.05) is 49.4 Å². The second kappa shape index (κ2) is 8.43. The Morgan fingerprint density at radius 2 is 1.90 bits per heavy atom. The number of aromatic nitrogens is 3. The van der Waals surface area contributed by atoms with Gasteiger partial charge >= 0.3 is 0 Å². The summed E-state index contributed by atoms with van der Waals surface area (Å²) >= 11 is 1.54. The first kappa shape index (κ1) is 19.6. The average molecular weight is 430 g/mol. The molecule has 31 heavy (non-hydrogen) atoms. The lowest BCUT2D eigenvalue weighted by Gasteiger charge is -2.33. The Labute approximate surface area is 185 Å². The number of carbonyl (C=O) groups is 1. The number of carbonyl (C=O) groups excluding carboxylic acids is 1. The van der Waals surface area contributed by atoms with Crippen LogP contribution in [0.15, 0.2) is 60.9 Å². The molecule has 0 bridgehead atoms. The van der Waals surface area contributed by atoms with Crippen molar-refractivity contribution in [1.82, 2.24) is 20.3 Å². The predicted molar refractivity (Wildman–Crippen MR) is 125 cm³/mol. The number of anilines is 1. The van der Waals surface area contributed by atoms with Gasteiger partial charge in [-0.3, -0.25) is 9.78 Å². The molecule has 1 aliphatic heterocycles. The van der Waals surface area contributed by atoms with Crippen LogP contribution in [0.3, 0.4) is 0 Å². The standard InChI is InChI=1S/C24H23N5OS/c1-16-8-9-21(31-16)24(30)26-18-10-13-29(14-11-18)23-19-6-2-3-7-20(19)27-22(28-23)17-5-4-12-25-15-17/h2-9,12,15,18H,10-11,13-14H2,1H3,(H,26,30). The molecule has 1 N–H and O–H groups in total. The van der Waals surface area contributed by atoms with Crippen molar-refractivity contribution in [3.63, 3.8) is 0 Å². The van der Waals surface area contributed by atoms with Crippen LogP contribution in [0.25, 0.3) is 22.3 Å². The zero-order valence-electron chi connectivity index (χ0n) is 17.3. The zero-order valence-corrected chi connectivity index (χ0v) is 18.1. The molecule has 4 heterocycles. The summed E-state index contributed by atoms with van der Waals surface area (Å²) in [5.74, 6) is 1.66. The van der Waals surface area contributed by atoms with E-state index in [-0.39, 0.29) is 11.9 Å². The van der Waals surface area contributed by atoms with Crippen molar-refractivity contribution in [2.24, 2.45) is 0 Å². The van der Waals surface area contributed by atoms with Crippen molar-refractivity contribution < 1.29 is 4.79 Å². The van der Waals surface area contributed by atoms with Crippen LogP contribution in [0.1, 0.15) is 27.4 Å². The molecule has 0 saturated carbocycles. The second-order valence-corrected chi connectivity index (χ2v) is 9.06. The maximum Gasteiger partial charge on any atom is 0.261 e. The summed E-state index contributed by atoms with van der Waals surface area (Å²) in [5, 5.41) is 4.25. The fourth-order valence-electron chi connectivity index (χ4n) is 3.97. The lowest BCUT2D eigenvalue weighted by Crippen LogP contribution is -2.44. The van der Waals surface area contributed by atoms with Crippen molar-refractivity contribution in [1.29, 1.82) is 0 Å². The number of hydrogen-bond donors (Lipinski definition) is 1. The third-order valence-electron chi connectivity index (χ3n) is 5.60. The van der Waals surface area contributed by atoms with Crippen LogP contribution in [0, 0.1) is 6.92 Å². The molecular weight excluding hydrogens is 406 g/mol. The first-order chi connectivity index (χ1) is 15.2. The van der Waals surface area contributed by atoms with Crippen LogP contribution < -0.4 is 10.2 Å². The number of hydrogen-bond acceptors (Lipinski definition) is 6. The third-order valence-corrected chi connectivity index (χ3v) is 6.60. The summed E-state index contributed by atoms with van der Waals surface area (Å²) in [7, 11) is 0. The average Bonchev–Trinajstić information content (AvgIpc) is 3.26. The summed E-state index contributed by atoms with van der Waals surface area (Å²) in [6.07, 6.45) is 5.32. The molecule has 4 aromatic rings. The summed E-state index contributed by atoms with van der Waals surface area (Å²) in [6, 6.07) is 16.1. The molecule has 156 valence electrons. The second-order valence-electron chi connectivity index (χ2n) is 7.77. The van der Waals surface area contributed by atoms with Gasteiger partial charge in [0.05, 0.1) is 10.4 Å². The number of para-hydroxylation sites is 1. The smallest absolute Gasteiger partial charge is 0.261 e. The van der Waals surface area contributed by atoms with Gasteiger partial charge in [0.1, 0.15) is 5.82 Å². The molecule has 1 amide bonds. The van der Waals surface area contributed by atoms with Crippen LogP contribution in [0.5, 0.6) is 0 Å². The molecule has 1 aliphatic rings. The van der Waals surface area contributed by atoms with Crippen LogP contribution in [-0.2, 0) is 0 Å². The third kappa shape index (κ3) is 4.14. The van der Waals surface area contributed by atoms with E-state index in [0.717, 1.165) is 58.0 Å². The fraction of sp³-hybridized carbons (Fsp3) is 0.250. The molecule has 0 spiro atoms. The largest absolute Gasteiger partial charge is 0.356 e. The number of nitrogens with zero attached hydrogens (tertiary/aromatic N) is 4. The van der Waals surface area contributed by atoms with Crippen molar-refractivity contribution in [3.05, 3.63) is 70.7 Å². The van der Waals surface area contributed by atoms with Crippen molar-refractivity contribution in [2.45, 2.75) is 25.8 Å². The molecule has 1 aromatic carbocycles.